The fourth-order valence-electron chi connectivity index (χ4n) is 3.04. The number of nitrogens with one attached hydrogen (secondary N) is 1. The summed E-state index contributed by atoms with van der Waals surface area (Å²) in [4.78, 5) is 19.5. The van der Waals surface area contributed by atoms with Gasteiger partial charge in [0.15, 0.2) is 0 Å². The molecule has 2 heterocycles. The highest BCUT2D eigenvalue weighted by Gasteiger charge is 2.74. The Morgan fingerprint density at radius 2 is 2.44 bits per heavy atom. The van der Waals surface area contributed by atoms with E-state index < -0.39 is 11.4 Å². The van der Waals surface area contributed by atoms with Crippen molar-refractivity contribution >= 4 is 5.97 Å². The second-order valence-corrected chi connectivity index (χ2v) is 4.69. The molecule has 2 unspecified atom stereocenters. The summed E-state index contributed by atoms with van der Waals surface area (Å²) in [5, 5.41) is 12.7. The van der Waals surface area contributed by atoms with Gasteiger partial charge in [0.25, 0.3) is 0 Å². The van der Waals surface area contributed by atoms with E-state index in [4.69, 9.17) is 0 Å². The predicted molar refractivity (Wildman–Crippen MR) is 55.9 cm³/mol. The van der Waals surface area contributed by atoms with Gasteiger partial charge in [-0.1, -0.05) is 0 Å². The van der Waals surface area contributed by atoms with Gasteiger partial charge in [-0.3, -0.25) is 4.79 Å². The Kier molecular flexibility index (Phi) is 1.83. The molecular weight excluding hydrogens is 206 g/mol. The summed E-state index contributed by atoms with van der Waals surface area (Å²) >= 11 is 0. The first kappa shape index (κ1) is 9.72. The van der Waals surface area contributed by atoms with E-state index >= 15 is 0 Å². The first-order valence-corrected chi connectivity index (χ1v) is 5.42. The van der Waals surface area contributed by atoms with Crippen LogP contribution in [-0.2, 0) is 10.2 Å². The molecule has 1 spiro atoms. The topological polar surface area (TPSA) is 75.1 Å². The zero-order chi connectivity index (χ0) is 11.2. The number of hydrogen-bond donors (Lipinski definition) is 2. The molecule has 1 aliphatic heterocycles. The van der Waals surface area contributed by atoms with Crippen LogP contribution in [0.4, 0.5) is 0 Å². The summed E-state index contributed by atoms with van der Waals surface area (Å²) in [5.74, 6) is -0.755. The Bertz CT molecular complexity index is 428. The summed E-state index contributed by atoms with van der Waals surface area (Å²) in [6, 6.07) is 1.72. The van der Waals surface area contributed by atoms with Crippen molar-refractivity contribution in [1.82, 2.24) is 15.3 Å². The fraction of sp³-hybridized carbons (Fsp3) is 0.545. The van der Waals surface area contributed by atoms with Crippen molar-refractivity contribution in [3.05, 3.63) is 24.3 Å². The zero-order valence-corrected chi connectivity index (χ0v) is 8.81. The van der Waals surface area contributed by atoms with Crippen LogP contribution in [0.1, 0.15) is 18.5 Å². The van der Waals surface area contributed by atoms with Crippen LogP contribution in [0, 0.1) is 5.41 Å². The van der Waals surface area contributed by atoms with Gasteiger partial charge in [0.1, 0.15) is 11.7 Å². The van der Waals surface area contributed by atoms with Crippen molar-refractivity contribution in [2.45, 2.75) is 18.3 Å². The molecule has 0 amide bonds. The van der Waals surface area contributed by atoms with Gasteiger partial charge >= 0.3 is 5.97 Å². The summed E-state index contributed by atoms with van der Waals surface area (Å²) in [6.45, 7) is 1.68. The van der Waals surface area contributed by atoms with E-state index in [1.54, 1.807) is 12.3 Å². The molecule has 0 radical (unpaired) electrons. The highest BCUT2D eigenvalue weighted by Crippen LogP contribution is 2.67. The predicted octanol–water partition coefficient (Wildman–Crippen LogP) is 0.182. The van der Waals surface area contributed by atoms with Crippen LogP contribution in [0.5, 0.6) is 0 Å². The fourth-order valence-corrected chi connectivity index (χ4v) is 3.04. The number of carbonyl (C=O) groups is 1. The summed E-state index contributed by atoms with van der Waals surface area (Å²) in [5.41, 5.74) is -0.245. The molecule has 1 saturated carbocycles. The van der Waals surface area contributed by atoms with Gasteiger partial charge in [0, 0.05) is 18.2 Å². The highest BCUT2D eigenvalue weighted by molar-refractivity contribution is 5.87. The first-order valence-electron chi connectivity index (χ1n) is 5.42. The maximum absolute atomic E-state index is 11.6. The van der Waals surface area contributed by atoms with Crippen molar-refractivity contribution < 1.29 is 9.90 Å². The lowest BCUT2D eigenvalue weighted by molar-refractivity contribution is -0.141. The number of carboxylic acids is 1. The largest absolute Gasteiger partial charge is 0.481 e. The molecule has 0 bridgehead atoms. The Morgan fingerprint density at radius 3 is 3.00 bits per heavy atom. The van der Waals surface area contributed by atoms with Gasteiger partial charge in [-0.25, -0.2) is 9.97 Å². The number of nitrogens with zero attached hydrogens (tertiary/aromatic N) is 2. The van der Waals surface area contributed by atoms with Crippen LogP contribution in [0.2, 0.25) is 0 Å². The van der Waals surface area contributed by atoms with E-state index in [0.29, 0.717) is 12.1 Å². The standard InChI is InChI=1S/C11H13N3O2/c15-9(16)11(8-1-3-13-7-14-8)5-10(11)2-4-12-6-10/h1,3,7,12H,2,4-6H2,(H,15,16). The van der Waals surface area contributed by atoms with Crippen LogP contribution in [0.3, 0.4) is 0 Å². The molecular formula is C11H13N3O2. The first-order chi connectivity index (χ1) is 7.71. The van der Waals surface area contributed by atoms with Gasteiger partial charge in [-0.2, -0.15) is 0 Å². The lowest BCUT2D eigenvalue weighted by Gasteiger charge is -2.16. The molecule has 1 saturated heterocycles. The second kappa shape index (κ2) is 3.01. The monoisotopic (exact) mass is 219 g/mol. The minimum atomic E-state index is -0.778. The molecule has 2 N–H and O–H groups in total. The number of carboxylic acid groups (broad SMARTS) is 1. The third kappa shape index (κ3) is 1.01. The Morgan fingerprint density at radius 1 is 1.56 bits per heavy atom. The van der Waals surface area contributed by atoms with Gasteiger partial charge in [-0.05, 0) is 25.5 Å². The van der Waals surface area contributed by atoms with Crippen molar-refractivity contribution in [2.24, 2.45) is 5.41 Å². The quantitative estimate of drug-likeness (QED) is 0.742. The molecule has 1 aromatic rings. The Hall–Kier alpha value is -1.49. The van der Waals surface area contributed by atoms with Crippen LogP contribution in [0.15, 0.2) is 18.6 Å². The Balaban J connectivity index is 2.04. The minimum Gasteiger partial charge on any atom is -0.481 e. The highest BCUT2D eigenvalue weighted by atomic mass is 16.4. The summed E-state index contributed by atoms with van der Waals surface area (Å²) < 4.78 is 0. The second-order valence-electron chi connectivity index (χ2n) is 4.69. The zero-order valence-electron chi connectivity index (χ0n) is 8.81. The van der Waals surface area contributed by atoms with Crippen LogP contribution < -0.4 is 5.32 Å². The summed E-state index contributed by atoms with van der Waals surface area (Å²) in [7, 11) is 0. The van der Waals surface area contributed by atoms with E-state index in [1.165, 1.54) is 6.33 Å². The van der Waals surface area contributed by atoms with Crippen molar-refractivity contribution in [2.75, 3.05) is 13.1 Å². The molecule has 0 aromatic carbocycles. The van der Waals surface area contributed by atoms with E-state index in [9.17, 15) is 9.90 Å². The third-order valence-corrected chi connectivity index (χ3v) is 4.01. The van der Waals surface area contributed by atoms with E-state index in [1.807, 2.05) is 0 Å². The van der Waals surface area contributed by atoms with Gasteiger partial charge in [0.2, 0.25) is 0 Å². The average Bonchev–Trinajstić information content (AvgIpc) is 2.70. The smallest absolute Gasteiger partial charge is 0.316 e. The third-order valence-electron chi connectivity index (χ3n) is 4.01. The number of hydrogen-bond acceptors (Lipinski definition) is 4. The molecule has 1 aromatic heterocycles. The molecule has 2 atom stereocenters. The molecule has 5 nitrogen and oxygen atoms in total. The van der Waals surface area contributed by atoms with Crippen molar-refractivity contribution in [3.8, 4) is 0 Å². The molecule has 84 valence electrons. The molecule has 2 fully saturated rings. The van der Waals surface area contributed by atoms with Crippen LogP contribution in [-0.4, -0.2) is 34.1 Å². The normalized spacial score (nSPS) is 36.5. The van der Waals surface area contributed by atoms with E-state index in [0.717, 1.165) is 19.5 Å². The lowest BCUT2D eigenvalue weighted by atomic mass is 9.88. The van der Waals surface area contributed by atoms with Crippen LogP contribution >= 0.6 is 0 Å². The van der Waals surface area contributed by atoms with Crippen molar-refractivity contribution in [1.29, 1.82) is 0 Å². The molecule has 2 aliphatic rings. The molecule has 5 heteroatoms. The number of aliphatic carboxylic acids is 1. The molecule has 16 heavy (non-hydrogen) atoms. The van der Waals surface area contributed by atoms with Gasteiger partial charge in [-0.15, -0.1) is 0 Å². The van der Waals surface area contributed by atoms with Gasteiger partial charge in [0.05, 0.1) is 5.69 Å². The van der Waals surface area contributed by atoms with Crippen molar-refractivity contribution in [3.63, 3.8) is 0 Å². The molecule has 3 rings (SSSR count). The Labute approximate surface area is 92.9 Å². The summed E-state index contributed by atoms with van der Waals surface area (Å²) in [6.07, 6.45) is 4.65. The van der Waals surface area contributed by atoms with Gasteiger partial charge < -0.3 is 10.4 Å². The maximum atomic E-state index is 11.6. The van der Waals surface area contributed by atoms with E-state index in [2.05, 4.69) is 15.3 Å². The van der Waals surface area contributed by atoms with E-state index in [-0.39, 0.29) is 5.41 Å². The number of rotatable bonds is 2. The average molecular weight is 219 g/mol. The van der Waals surface area contributed by atoms with Crippen LogP contribution in [0.25, 0.3) is 0 Å². The maximum Gasteiger partial charge on any atom is 0.316 e. The lowest BCUT2D eigenvalue weighted by Crippen LogP contribution is -2.30. The SMILES string of the molecule is O=C(O)C1(c2ccncn2)CC12CCNC2. The minimum absolute atomic E-state index is 0.118. The molecule has 1 aliphatic carbocycles. The number of aromatic nitrogens is 2.